The summed E-state index contributed by atoms with van der Waals surface area (Å²) >= 11 is 0. The van der Waals surface area contributed by atoms with E-state index in [9.17, 15) is 5.11 Å². The average Bonchev–Trinajstić information content (AvgIpc) is 2.08. The quantitative estimate of drug-likeness (QED) is 0.304. The zero-order valence-electron chi connectivity index (χ0n) is 6.54. The Balaban J connectivity index is 2.63. The van der Waals surface area contributed by atoms with Gasteiger partial charge in [0, 0.05) is 12.5 Å². The molecule has 0 amide bonds. The van der Waals surface area contributed by atoms with Crippen molar-refractivity contribution in [3.05, 3.63) is 0 Å². The van der Waals surface area contributed by atoms with Crippen molar-refractivity contribution in [1.29, 1.82) is 0 Å². The lowest BCUT2D eigenvalue weighted by molar-refractivity contribution is -0.163. The topological polar surface area (TPSA) is 101 Å². The number of hydrogen-bond donors (Lipinski definition) is 5. The second-order valence-corrected chi connectivity index (χ2v) is 3.22. The van der Waals surface area contributed by atoms with Gasteiger partial charge in [-0.3, -0.25) is 0 Å². The van der Waals surface area contributed by atoms with Gasteiger partial charge in [-0.15, -0.1) is 0 Å². The van der Waals surface area contributed by atoms with Crippen LogP contribution < -0.4 is 0 Å². The number of aliphatic hydroxyl groups is 5. The van der Waals surface area contributed by atoms with E-state index in [0.29, 0.717) is 0 Å². The number of rotatable bonds is 1. The Kier molecular flexibility index (Phi) is 3.03. The average molecular weight is 178 g/mol. The Bertz CT molecular complexity index is 146. The summed E-state index contributed by atoms with van der Waals surface area (Å²) in [6.07, 6.45) is -4.81. The molecule has 0 aromatic carbocycles. The molecule has 5 heteroatoms. The molecule has 5 N–H and O–H groups in total. The van der Waals surface area contributed by atoms with Crippen molar-refractivity contribution in [3.63, 3.8) is 0 Å². The van der Waals surface area contributed by atoms with Gasteiger partial charge in [-0.1, -0.05) is 0 Å². The fourth-order valence-corrected chi connectivity index (χ4v) is 1.48. The number of aliphatic hydroxyl groups excluding tert-OH is 5. The molecule has 1 fully saturated rings. The van der Waals surface area contributed by atoms with Crippen LogP contribution >= 0.6 is 0 Å². The first-order valence-electron chi connectivity index (χ1n) is 3.91. The van der Waals surface area contributed by atoms with E-state index < -0.39 is 30.3 Å². The molecule has 0 saturated heterocycles. The molecule has 5 atom stereocenters. The minimum absolute atomic E-state index is 0.107. The van der Waals surface area contributed by atoms with Crippen LogP contribution in [0.2, 0.25) is 0 Å². The maximum atomic E-state index is 9.24. The van der Waals surface area contributed by atoms with Crippen molar-refractivity contribution in [2.75, 3.05) is 6.61 Å². The molecule has 1 saturated carbocycles. The van der Waals surface area contributed by atoms with Crippen LogP contribution in [0.5, 0.6) is 0 Å². The summed E-state index contributed by atoms with van der Waals surface area (Å²) in [6, 6.07) is 0. The third-order valence-corrected chi connectivity index (χ3v) is 2.36. The molecule has 0 aromatic heterocycles. The maximum Gasteiger partial charge on any atom is 0.109 e. The van der Waals surface area contributed by atoms with Gasteiger partial charge in [-0.05, 0) is 6.42 Å². The fraction of sp³-hybridized carbons (Fsp3) is 1.00. The molecule has 0 radical (unpaired) electrons. The van der Waals surface area contributed by atoms with Crippen LogP contribution in [0.1, 0.15) is 6.42 Å². The molecular formula is C7H14O5. The monoisotopic (exact) mass is 178 g/mol. The third kappa shape index (κ3) is 1.60. The molecule has 0 aromatic rings. The highest BCUT2D eigenvalue weighted by atomic mass is 16.4. The van der Waals surface area contributed by atoms with Gasteiger partial charge in [0.15, 0.2) is 0 Å². The largest absolute Gasteiger partial charge is 0.396 e. The predicted molar refractivity (Wildman–Crippen MR) is 39.2 cm³/mol. The van der Waals surface area contributed by atoms with Crippen molar-refractivity contribution >= 4 is 0 Å². The summed E-state index contributed by atoms with van der Waals surface area (Å²) in [6.45, 7) is -0.304. The Hall–Kier alpha value is -0.200. The van der Waals surface area contributed by atoms with Crippen molar-refractivity contribution in [2.24, 2.45) is 5.92 Å². The van der Waals surface area contributed by atoms with Gasteiger partial charge in [0.2, 0.25) is 0 Å². The Labute approximate surface area is 69.9 Å². The normalized spacial score (nSPS) is 49.2. The van der Waals surface area contributed by atoms with Crippen molar-refractivity contribution in [1.82, 2.24) is 0 Å². The molecule has 0 bridgehead atoms. The van der Waals surface area contributed by atoms with Crippen LogP contribution in [0.25, 0.3) is 0 Å². The van der Waals surface area contributed by atoms with E-state index in [-0.39, 0.29) is 13.0 Å². The first-order valence-corrected chi connectivity index (χ1v) is 3.91. The number of hydrogen-bond acceptors (Lipinski definition) is 5. The first kappa shape index (κ1) is 9.88. The Morgan fingerprint density at radius 3 is 2.00 bits per heavy atom. The van der Waals surface area contributed by atoms with Crippen LogP contribution in [0.15, 0.2) is 0 Å². The van der Waals surface area contributed by atoms with E-state index in [0.717, 1.165) is 0 Å². The van der Waals surface area contributed by atoms with Gasteiger partial charge in [0.05, 0.1) is 12.2 Å². The lowest BCUT2D eigenvalue weighted by Gasteiger charge is -2.37. The lowest BCUT2D eigenvalue weighted by atomic mass is 9.81. The highest BCUT2D eigenvalue weighted by Gasteiger charge is 2.41. The van der Waals surface area contributed by atoms with Crippen molar-refractivity contribution in [2.45, 2.75) is 30.8 Å². The second kappa shape index (κ2) is 3.68. The van der Waals surface area contributed by atoms with Gasteiger partial charge in [-0.25, -0.2) is 0 Å². The lowest BCUT2D eigenvalue weighted by Crippen LogP contribution is -2.54. The van der Waals surface area contributed by atoms with Crippen molar-refractivity contribution in [3.8, 4) is 0 Å². The second-order valence-electron chi connectivity index (χ2n) is 3.22. The molecule has 12 heavy (non-hydrogen) atoms. The summed E-state index contributed by atoms with van der Waals surface area (Å²) in [5.74, 6) is -0.557. The molecule has 1 aliphatic rings. The Morgan fingerprint density at radius 2 is 1.50 bits per heavy atom. The van der Waals surface area contributed by atoms with Gasteiger partial charge in [-0.2, -0.15) is 0 Å². The van der Waals surface area contributed by atoms with E-state index in [4.69, 9.17) is 20.4 Å². The summed E-state index contributed by atoms with van der Waals surface area (Å²) in [5, 5.41) is 45.3. The maximum absolute atomic E-state index is 9.24. The predicted octanol–water partition coefficient (Wildman–Crippen LogP) is -2.56. The fourth-order valence-electron chi connectivity index (χ4n) is 1.48. The van der Waals surface area contributed by atoms with Gasteiger partial charge in [0.25, 0.3) is 0 Å². The third-order valence-electron chi connectivity index (χ3n) is 2.36. The molecule has 0 aliphatic heterocycles. The van der Waals surface area contributed by atoms with E-state index in [2.05, 4.69) is 0 Å². The van der Waals surface area contributed by atoms with Crippen LogP contribution in [-0.4, -0.2) is 56.6 Å². The smallest absolute Gasteiger partial charge is 0.109 e. The molecule has 4 unspecified atom stereocenters. The highest BCUT2D eigenvalue weighted by Crippen LogP contribution is 2.25. The minimum Gasteiger partial charge on any atom is -0.396 e. The zero-order valence-corrected chi connectivity index (χ0v) is 6.54. The van der Waals surface area contributed by atoms with Gasteiger partial charge < -0.3 is 25.5 Å². The molecule has 0 heterocycles. The molecule has 0 spiro atoms. The van der Waals surface area contributed by atoms with Crippen LogP contribution in [-0.2, 0) is 0 Å². The van der Waals surface area contributed by atoms with E-state index >= 15 is 0 Å². The van der Waals surface area contributed by atoms with Crippen LogP contribution in [0.4, 0.5) is 0 Å². The van der Waals surface area contributed by atoms with E-state index in [1.54, 1.807) is 0 Å². The first-order chi connectivity index (χ1) is 5.57. The summed E-state index contributed by atoms with van der Waals surface area (Å²) in [7, 11) is 0. The van der Waals surface area contributed by atoms with Gasteiger partial charge in [0.1, 0.15) is 12.2 Å². The standard InChI is InChI=1S/C7H14O5/c8-2-3-1-4(9)6(11)7(12)5(3)10/h3-12H,1-2H2/t3?,4?,5?,6-,7?/m1/s1. The SMILES string of the molecule is OCC1CC(O)[C@@H](O)C(O)C1O. The molecule has 72 valence electrons. The summed E-state index contributed by atoms with van der Waals surface area (Å²) in [5.41, 5.74) is 0. The molecule has 5 nitrogen and oxygen atoms in total. The van der Waals surface area contributed by atoms with Crippen molar-refractivity contribution < 1.29 is 25.5 Å². The molecule has 1 aliphatic carbocycles. The highest BCUT2D eigenvalue weighted by molar-refractivity contribution is 4.91. The zero-order chi connectivity index (χ0) is 9.30. The van der Waals surface area contributed by atoms with Crippen LogP contribution in [0, 0.1) is 5.92 Å². The van der Waals surface area contributed by atoms with Crippen LogP contribution in [0.3, 0.4) is 0 Å². The Morgan fingerprint density at radius 1 is 0.917 bits per heavy atom. The van der Waals surface area contributed by atoms with E-state index in [1.807, 2.05) is 0 Å². The summed E-state index contributed by atoms with van der Waals surface area (Å²) in [4.78, 5) is 0. The van der Waals surface area contributed by atoms with Gasteiger partial charge >= 0.3 is 0 Å². The molecular weight excluding hydrogens is 164 g/mol. The van der Waals surface area contributed by atoms with E-state index in [1.165, 1.54) is 0 Å². The minimum atomic E-state index is -1.37. The molecule has 1 rings (SSSR count). The summed E-state index contributed by atoms with van der Waals surface area (Å²) < 4.78 is 0.